The molecule has 2 heterocycles. The summed E-state index contributed by atoms with van der Waals surface area (Å²) in [5.41, 5.74) is 7.05. The molecule has 2 N–H and O–H groups in total. The molecular formula is C14H22N4O. The van der Waals surface area contributed by atoms with E-state index in [-0.39, 0.29) is 0 Å². The monoisotopic (exact) mass is 262 g/mol. The Bertz CT molecular complexity index is 467. The molecule has 5 nitrogen and oxygen atoms in total. The summed E-state index contributed by atoms with van der Waals surface area (Å²) in [7, 11) is 2.11. The molecular weight excluding hydrogens is 240 g/mol. The van der Waals surface area contributed by atoms with Crippen molar-refractivity contribution in [1.82, 2.24) is 9.97 Å². The molecule has 0 amide bonds. The molecule has 19 heavy (non-hydrogen) atoms. The lowest BCUT2D eigenvalue weighted by molar-refractivity contribution is 0.0853. The van der Waals surface area contributed by atoms with Gasteiger partial charge in [-0.15, -0.1) is 0 Å². The van der Waals surface area contributed by atoms with Crippen LogP contribution in [0.4, 0.5) is 11.6 Å². The van der Waals surface area contributed by atoms with Crippen molar-refractivity contribution in [1.29, 1.82) is 0 Å². The van der Waals surface area contributed by atoms with Gasteiger partial charge in [-0.25, -0.2) is 9.97 Å². The second kappa shape index (κ2) is 4.96. The summed E-state index contributed by atoms with van der Waals surface area (Å²) in [5.74, 6) is 3.09. The van der Waals surface area contributed by atoms with E-state index in [0.29, 0.717) is 17.8 Å². The number of anilines is 2. The second-order valence-electron chi connectivity index (χ2n) is 5.64. The Morgan fingerprint density at radius 1 is 1.16 bits per heavy atom. The molecule has 2 aliphatic rings. The van der Waals surface area contributed by atoms with E-state index < -0.39 is 0 Å². The first kappa shape index (κ1) is 12.7. The summed E-state index contributed by atoms with van der Waals surface area (Å²) in [4.78, 5) is 11.5. The summed E-state index contributed by atoms with van der Waals surface area (Å²) in [6.07, 6.45) is 4.50. The smallest absolute Gasteiger partial charge is 0.137 e. The molecule has 0 radical (unpaired) electrons. The summed E-state index contributed by atoms with van der Waals surface area (Å²) in [6.45, 7) is 3.69. The normalized spacial score (nSPS) is 20.5. The molecule has 1 aromatic rings. The maximum atomic E-state index is 6.05. The van der Waals surface area contributed by atoms with Crippen molar-refractivity contribution in [3.8, 4) is 0 Å². The fourth-order valence-electron chi connectivity index (χ4n) is 2.65. The van der Waals surface area contributed by atoms with Gasteiger partial charge in [-0.05, 0) is 32.6 Å². The Labute approximate surface area is 114 Å². The lowest BCUT2D eigenvalue weighted by atomic mass is 10.1. The first-order valence-corrected chi connectivity index (χ1v) is 7.11. The molecule has 0 atom stereocenters. The summed E-state index contributed by atoms with van der Waals surface area (Å²) in [6, 6.07) is 0.494. The summed E-state index contributed by atoms with van der Waals surface area (Å²) >= 11 is 0. The fraction of sp³-hybridized carbons (Fsp3) is 0.714. The minimum absolute atomic E-state index is 0.494. The fourth-order valence-corrected chi connectivity index (χ4v) is 2.65. The Hall–Kier alpha value is -1.36. The molecule has 2 fully saturated rings. The van der Waals surface area contributed by atoms with Crippen LogP contribution >= 0.6 is 0 Å². The highest BCUT2D eigenvalue weighted by atomic mass is 16.5. The van der Waals surface area contributed by atoms with Crippen molar-refractivity contribution < 1.29 is 4.74 Å². The SMILES string of the molecule is Cc1c(N)nc(C2CC2)nc1N(C)C1CCOCC1. The number of ether oxygens (including phenoxy) is 1. The van der Waals surface area contributed by atoms with Crippen LogP contribution in [-0.2, 0) is 4.74 Å². The van der Waals surface area contributed by atoms with Gasteiger partial charge in [-0.2, -0.15) is 0 Å². The minimum atomic E-state index is 0.494. The van der Waals surface area contributed by atoms with E-state index in [1.54, 1.807) is 0 Å². The van der Waals surface area contributed by atoms with E-state index in [1.165, 1.54) is 12.8 Å². The molecule has 3 rings (SSSR count). The van der Waals surface area contributed by atoms with Crippen LogP contribution in [0.5, 0.6) is 0 Å². The van der Waals surface area contributed by atoms with E-state index in [9.17, 15) is 0 Å². The van der Waals surface area contributed by atoms with Crippen LogP contribution in [0.1, 0.15) is 43.0 Å². The predicted octanol–water partition coefficient (Wildman–Crippen LogP) is 1.86. The molecule has 5 heteroatoms. The third-order valence-corrected chi connectivity index (χ3v) is 4.19. The van der Waals surface area contributed by atoms with E-state index in [1.807, 2.05) is 6.92 Å². The third kappa shape index (κ3) is 2.52. The van der Waals surface area contributed by atoms with Crippen LogP contribution < -0.4 is 10.6 Å². The summed E-state index contributed by atoms with van der Waals surface area (Å²) < 4.78 is 5.43. The van der Waals surface area contributed by atoms with Crippen LogP contribution in [0.2, 0.25) is 0 Å². The highest BCUT2D eigenvalue weighted by molar-refractivity contribution is 5.57. The zero-order valence-corrected chi connectivity index (χ0v) is 11.7. The van der Waals surface area contributed by atoms with Gasteiger partial charge >= 0.3 is 0 Å². The number of nitrogens with zero attached hydrogens (tertiary/aromatic N) is 3. The van der Waals surface area contributed by atoms with E-state index >= 15 is 0 Å². The van der Waals surface area contributed by atoms with Crippen molar-refractivity contribution in [2.24, 2.45) is 0 Å². The van der Waals surface area contributed by atoms with E-state index in [4.69, 9.17) is 15.5 Å². The van der Waals surface area contributed by atoms with Crippen LogP contribution in [0.25, 0.3) is 0 Å². The topological polar surface area (TPSA) is 64.3 Å². The maximum absolute atomic E-state index is 6.05. The highest BCUT2D eigenvalue weighted by Gasteiger charge is 2.29. The number of hydrogen-bond donors (Lipinski definition) is 1. The Balaban J connectivity index is 1.89. The van der Waals surface area contributed by atoms with Crippen LogP contribution in [0, 0.1) is 6.92 Å². The molecule has 0 aromatic carbocycles. The van der Waals surface area contributed by atoms with E-state index in [0.717, 1.165) is 43.3 Å². The number of rotatable bonds is 3. The van der Waals surface area contributed by atoms with Crippen LogP contribution in [0.3, 0.4) is 0 Å². The first-order chi connectivity index (χ1) is 9.16. The molecule has 1 saturated carbocycles. The summed E-state index contributed by atoms with van der Waals surface area (Å²) in [5, 5.41) is 0. The molecule has 1 aliphatic carbocycles. The predicted molar refractivity (Wildman–Crippen MR) is 75.4 cm³/mol. The van der Waals surface area contributed by atoms with E-state index in [2.05, 4.69) is 16.9 Å². The van der Waals surface area contributed by atoms with Gasteiger partial charge in [-0.3, -0.25) is 0 Å². The Kier molecular flexibility index (Phi) is 3.31. The largest absolute Gasteiger partial charge is 0.383 e. The first-order valence-electron chi connectivity index (χ1n) is 7.11. The van der Waals surface area contributed by atoms with Gasteiger partial charge in [0.25, 0.3) is 0 Å². The van der Waals surface area contributed by atoms with Crippen molar-refractivity contribution in [2.75, 3.05) is 30.9 Å². The van der Waals surface area contributed by atoms with Gasteiger partial charge < -0.3 is 15.4 Å². The van der Waals surface area contributed by atoms with Crippen molar-refractivity contribution in [3.05, 3.63) is 11.4 Å². The van der Waals surface area contributed by atoms with Gasteiger partial charge in [-0.1, -0.05) is 0 Å². The molecule has 1 aliphatic heterocycles. The number of nitrogen functional groups attached to an aromatic ring is 1. The molecule has 0 bridgehead atoms. The lowest BCUT2D eigenvalue weighted by Crippen LogP contribution is -2.37. The molecule has 0 unspecified atom stereocenters. The zero-order valence-electron chi connectivity index (χ0n) is 11.7. The zero-order chi connectivity index (χ0) is 13.4. The number of aromatic nitrogens is 2. The van der Waals surface area contributed by atoms with Crippen molar-refractivity contribution in [3.63, 3.8) is 0 Å². The minimum Gasteiger partial charge on any atom is -0.383 e. The van der Waals surface area contributed by atoms with Gasteiger partial charge in [0.15, 0.2) is 0 Å². The average molecular weight is 262 g/mol. The quantitative estimate of drug-likeness (QED) is 0.900. The molecule has 1 saturated heterocycles. The average Bonchev–Trinajstić information content (AvgIpc) is 3.26. The Morgan fingerprint density at radius 2 is 1.84 bits per heavy atom. The van der Waals surface area contributed by atoms with Crippen LogP contribution in [-0.4, -0.2) is 36.3 Å². The van der Waals surface area contributed by atoms with Crippen molar-refractivity contribution >= 4 is 11.6 Å². The number of nitrogens with two attached hydrogens (primary N) is 1. The third-order valence-electron chi connectivity index (χ3n) is 4.19. The van der Waals surface area contributed by atoms with Gasteiger partial charge in [0, 0.05) is 37.8 Å². The molecule has 104 valence electrons. The van der Waals surface area contributed by atoms with Gasteiger partial charge in [0.1, 0.15) is 17.5 Å². The Morgan fingerprint density at radius 3 is 2.47 bits per heavy atom. The van der Waals surface area contributed by atoms with Gasteiger partial charge in [0.05, 0.1) is 0 Å². The van der Waals surface area contributed by atoms with Gasteiger partial charge in [0.2, 0.25) is 0 Å². The highest BCUT2D eigenvalue weighted by Crippen LogP contribution is 2.39. The number of hydrogen-bond acceptors (Lipinski definition) is 5. The van der Waals surface area contributed by atoms with Crippen molar-refractivity contribution in [2.45, 2.75) is 44.6 Å². The second-order valence-corrected chi connectivity index (χ2v) is 5.64. The molecule has 1 aromatic heterocycles. The standard InChI is InChI=1S/C14H22N4O/c1-9-12(15)16-13(10-3-4-10)17-14(9)18(2)11-5-7-19-8-6-11/h10-11H,3-8H2,1-2H3,(H2,15,16,17). The lowest BCUT2D eigenvalue weighted by Gasteiger charge is -2.33. The maximum Gasteiger partial charge on any atom is 0.137 e. The molecule has 0 spiro atoms. The van der Waals surface area contributed by atoms with Crippen LogP contribution in [0.15, 0.2) is 0 Å².